The van der Waals surface area contributed by atoms with E-state index in [1.165, 1.54) is 37.5 Å². The topological polar surface area (TPSA) is 58.4 Å². The Kier molecular flexibility index (Phi) is 5.17. The van der Waals surface area contributed by atoms with Gasteiger partial charge >= 0.3 is 0 Å². The van der Waals surface area contributed by atoms with Crippen LogP contribution in [0.1, 0.15) is 33.1 Å². The second-order valence-corrected chi connectivity index (χ2v) is 5.79. The number of nitrogens with one attached hydrogen (secondary N) is 1. The molecular weight excluding hydrogens is 269 g/mol. The third-order valence-corrected chi connectivity index (χ3v) is 4.30. The molecule has 0 aliphatic heterocycles. The van der Waals surface area contributed by atoms with Crippen LogP contribution in [-0.2, 0) is 4.79 Å². The molecule has 116 valence electrons. The van der Waals surface area contributed by atoms with Crippen molar-refractivity contribution in [1.29, 1.82) is 0 Å². The monoisotopic (exact) mass is 293 g/mol. The molecule has 0 saturated heterocycles. The van der Waals surface area contributed by atoms with Gasteiger partial charge in [-0.05, 0) is 50.4 Å². The van der Waals surface area contributed by atoms with Crippen molar-refractivity contribution in [2.45, 2.75) is 39.2 Å². The van der Waals surface area contributed by atoms with Gasteiger partial charge in [0.05, 0.1) is 11.7 Å². The molecule has 2 rings (SSSR count). The molecule has 4 nitrogen and oxygen atoms in total. The molecule has 1 aliphatic carbocycles. The molecular formula is C16H24FN3O. The predicted octanol–water partition coefficient (Wildman–Crippen LogP) is 2.86. The van der Waals surface area contributed by atoms with Crippen LogP contribution < -0.4 is 11.1 Å². The van der Waals surface area contributed by atoms with Gasteiger partial charge in [0.25, 0.3) is 0 Å². The van der Waals surface area contributed by atoms with Gasteiger partial charge in [0.1, 0.15) is 5.82 Å². The van der Waals surface area contributed by atoms with E-state index in [2.05, 4.69) is 10.2 Å². The lowest BCUT2D eigenvalue weighted by molar-refractivity contribution is -0.121. The molecule has 1 saturated carbocycles. The van der Waals surface area contributed by atoms with Crippen LogP contribution >= 0.6 is 0 Å². The molecule has 0 aromatic heterocycles. The van der Waals surface area contributed by atoms with E-state index >= 15 is 0 Å². The zero-order valence-electron chi connectivity index (χ0n) is 12.7. The largest absolute Gasteiger partial charge is 0.399 e. The minimum atomic E-state index is -0.466. The molecule has 21 heavy (non-hydrogen) atoms. The summed E-state index contributed by atoms with van der Waals surface area (Å²) in [6.45, 7) is 5.65. The average Bonchev–Trinajstić information content (AvgIpc) is 2.41. The highest BCUT2D eigenvalue weighted by Gasteiger charge is 2.26. The molecule has 1 unspecified atom stereocenters. The number of anilines is 2. The summed E-state index contributed by atoms with van der Waals surface area (Å²) in [5.41, 5.74) is 6.21. The van der Waals surface area contributed by atoms with Crippen LogP contribution in [0.2, 0.25) is 0 Å². The second kappa shape index (κ2) is 6.89. The molecule has 5 heteroatoms. The van der Waals surface area contributed by atoms with Gasteiger partial charge in [0.15, 0.2) is 0 Å². The maximum absolute atomic E-state index is 13.7. The number of hydrogen-bond donors (Lipinski definition) is 2. The Hall–Kier alpha value is -1.62. The number of benzene rings is 1. The van der Waals surface area contributed by atoms with Gasteiger partial charge in [0, 0.05) is 12.2 Å². The number of rotatable bonds is 6. The Labute approximate surface area is 125 Å². The van der Waals surface area contributed by atoms with Gasteiger partial charge in [-0.1, -0.05) is 13.3 Å². The molecule has 1 amide bonds. The van der Waals surface area contributed by atoms with Gasteiger partial charge in [-0.15, -0.1) is 0 Å². The van der Waals surface area contributed by atoms with Crippen LogP contribution in [0.15, 0.2) is 18.2 Å². The van der Waals surface area contributed by atoms with E-state index in [4.69, 9.17) is 5.73 Å². The quantitative estimate of drug-likeness (QED) is 0.793. The molecule has 3 N–H and O–H groups in total. The molecule has 1 aliphatic rings. The fraction of sp³-hybridized carbons (Fsp3) is 0.562. The van der Waals surface area contributed by atoms with Crippen molar-refractivity contribution in [3.8, 4) is 0 Å². The summed E-state index contributed by atoms with van der Waals surface area (Å²) in [4.78, 5) is 14.4. The van der Waals surface area contributed by atoms with Crippen LogP contribution in [-0.4, -0.2) is 29.9 Å². The van der Waals surface area contributed by atoms with Crippen molar-refractivity contribution in [2.75, 3.05) is 24.1 Å². The molecule has 0 heterocycles. The van der Waals surface area contributed by atoms with Gasteiger partial charge < -0.3 is 11.1 Å². The summed E-state index contributed by atoms with van der Waals surface area (Å²) in [5.74, 6) is 0.0387. The summed E-state index contributed by atoms with van der Waals surface area (Å²) in [5, 5.41) is 2.64. The van der Waals surface area contributed by atoms with E-state index < -0.39 is 5.82 Å². The van der Waals surface area contributed by atoms with Crippen molar-refractivity contribution >= 4 is 17.3 Å². The number of nitrogens with two attached hydrogens (primary N) is 1. The highest BCUT2D eigenvalue weighted by atomic mass is 19.1. The molecule has 1 aromatic rings. The normalized spacial score (nSPS) is 16.6. The third-order valence-electron chi connectivity index (χ3n) is 4.30. The molecule has 1 aromatic carbocycles. The van der Waals surface area contributed by atoms with Crippen LogP contribution in [0.5, 0.6) is 0 Å². The molecule has 1 atom stereocenters. The first-order valence-corrected chi connectivity index (χ1v) is 7.61. The minimum absolute atomic E-state index is 0.145. The SMILES string of the molecule is CCN(CC1CCC1)C(C)C(=O)Nc1cc(N)ccc1F. The Bertz CT molecular complexity index is 502. The lowest BCUT2D eigenvalue weighted by atomic mass is 9.85. The number of amides is 1. The van der Waals surface area contributed by atoms with Gasteiger partial charge in [0.2, 0.25) is 5.91 Å². The first kappa shape index (κ1) is 15.8. The Balaban J connectivity index is 1.98. The summed E-state index contributed by atoms with van der Waals surface area (Å²) in [6.07, 6.45) is 3.78. The minimum Gasteiger partial charge on any atom is -0.399 e. The van der Waals surface area contributed by atoms with E-state index in [1.807, 2.05) is 13.8 Å². The lowest BCUT2D eigenvalue weighted by Crippen LogP contribution is -2.45. The van der Waals surface area contributed by atoms with E-state index in [9.17, 15) is 9.18 Å². The van der Waals surface area contributed by atoms with Gasteiger partial charge in [-0.3, -0.25) is 9.69 Å². The van der Waals surface area contributed by atoms with Crippen molar-refractivity contribution in [3.63, 3.8) is 0 Å². The highest BCUT2D eigenvalue weighted by Crippen LogP contribution is 2.27. The van der Waals surface area contributed by atoms with Crippen LogP contribution in [0.4, 0.5) is 15.8 Å². The Morgan fingerprint density at radius 3 is 2.81 bits per heavy atom. The Morgan fingerprint density at radius 1 is 1.52 bits per heavy atom. The number of nitrogens with zero attached hydrogens (tertiary/aromatic N) is 1. The second-order valence-electron chi connectivity index (χ2n) is 5.79. The standard InChI is InChI=1S/C16H24FN3O/c1-3-20(10-12-5-4-6-12)11(2)16(21)19-15-9-13(18)7-8-14(15)17/h7-9,11-12H,3-6,10,18H2,1-2H3,(H,19,21). The zero-order chi connectivity index (χ0) is 15.4. The third kappa shape index (κ3) is 3.94. The average molecular weight is 293 g/mol. The van der Waals surface area contributed by atoms with Crippen molar-refractivity contribution < 1.29 is 9.18 Å². The number of carbonyl (C=O) groups excluding carboxylic acids is 1. The number of halogens is 1. The smallest absolute Gasteiger partial charge is 0.241 e. The number of nitrogen functional groups attached to an aromatic ring is 1. The van der Waals surface area contributed by atoms with E-state index in [-0.39, 0.29) is 17.6 Å². The van der Waals surface area contributed by atoms with Crippen LogP contribution in [0, 0.1) is 11.7 Å². The maximum Gasteiger partial charge on any atom is 0.241 e. The summed E-state index contributed by atoms with van der Waals surface area (Å²) >= 11 is 0. The first-order chi connectivity index (χ1) is 10.0. The van der Waals surface area contributed by atoms with E-state index in [1.54, 1.807) is 0 Å². The fourth-order valence-corrected chi connectivity index (χ4v) is 2.61. The molecule has 1 fully saturated rings. The fourth-order valence-electron chi connectivity index (χ4n) is 2.61. The van der Waals surface area contributed by atoms with Gasteiger partial charge in [-0.2, -0.15) is 0 Å². The summed E-state index contributed by atoms with van der Waals surface area (Å²) in [6, 6.07) is 3.91. The maximum atomic E-state index is 13.7. The number of hydrogen-bond acceptors (Lipinski definition) is 3. The number of carbonyl (C=O) groups is 1. The first-order valence-electron chi connectivity index (χ1n) is 7.61. The van der Waals surface area contributed by atoms with Gasteiger partial charge in [-0.25, -0.2) is 4.39 Å². The molecule has 0 radical (unpaired) electrons. The molecule has 0 bridgehead atoms. The van der Waals surface area contributed by atoms with E-state index in [0.29, 0.717) is 11.6 Å². The lowest BCUT2D eigenvalue weighted by Gasteiger charge is -2.34. The van der Waals surface area contributed by atoms with Crippen molar-refractivity contribution in [2.24, 2.45) is 5.92 Å². The number of likely N-dealkylation sites (N-methyl/N-ethyl adjacent to an activating group) is 1. The van der Waals surface area contributed by atoms with E-state index in [0.717, 1.165) is 13.1 Å². The highest BCUT2D eigenvalue weighted by molar-refractivity contribution is 5.95. The summed E-state index contributed by atoms with van der Waals surface area (Å²) in [7, 11) is 0. The van der Waals surface area contributed by atoms with Crippen LogP contribution in [0.25, 0.3) is 0 Å². The van der Waals surface area contributed by atoms with Crippen molar-refractivity contribution in [3.05, 3.63) is 24.0 Å². The van der Waals surface area contributed by atoms with Crippen molar-refractivity contribution in [1.82, 2.24) is 4.90 Å². The van der Waals surface area contributed by atoms with Crippen LogP contribution in [0.3, 0.4) is 0 Å². The molecule has 0 spiro atoms. The Morgan fingerprint density at radius 2 is 2.24 bits per heavy atom. The predicted molar refractivity (Wildman–Crippen MR) is 83.5 cm³/mol. The summed E-state index contributed by atoms with van der Waals surface area (Å²) < 4.78 is 13.7. The zero-order valence-corrected chi connectivity index (χ0v) is 12.7.